The van der Waals surface area contributed by atoms with Gasteiger partial charge in [-0.3, -0.25) is 4.79 Å². The van der Waals surface area contributed by atoms with E-state index in [1.165, 1.54) is 0 Å². The molecule has 0 atom stereocenters. The summed E-state index contributed by atoms with van der Waals surface area (Å²) in [7, 11) is 0. The van der Waals surface area contributed by atoms with Crippen molar-refractivity contribution in [3.05, 3.63) is 17.8 Å². The van der Waals surface area contributed by atoms with E-state index in [9.17, 15) is 4.79 Å². The zero-order valence-electron chi connectivity index (χ0n) is 11.2. The number of nitrogens with two attached hydrogens (primary N) is 1. The van der Waals surface area contributed by atoms with Crippen molar-refractivity contribution in [2.75, 3.05) is 38.2 Å². The van der Waals surface area contributed by atoms with Gasteiger partial charge in [0.05, 0.1) is 6.61 Å². The van der Waals surface area contributed by atoms with Crippen molar-refractivity contribution in [2.45, 2.75) is 13.3 Å². The number of ether oxygens (including phenoxy) is 1. The molecule has 0 aliphatic rings. The molecular weight excluding hydrogens is 246 g/mol. The zero-order valence-corrected chi connectivity index (χ0v) is 11.2. The van der Waals surface area contributed by atoms with E-state index >= 15 is 0 Å². The number of anilines is 1. The molecule has 0 bridgehead atoms. The molecule has 1 heterocycles. The monoisotopic (exact) mass is 267 g/mol. The molecule has 0 aliphatic carbocycles. The van der Waals surface area contributed by atoms with E-state index in [2.05, 4.69) is 20.8 Å². The summed E-state index contributed by atoms with van der Waals surface area (Å²) in [5.74, 6) is 0.434. The fourth-order valence-corrected chi connectivity index (χ4v) is 1.37. The minimum atomic E-state index is -0.211. The predicted octanol–water partition coefficient (Wildman–Crippen LogP) is 0.00360. The molecule has 0 saturated carbocycles. The first-order valence-electron chi connectivity index (χ1n) is 6.41. The molecule has 0 spiro atoms. The highest BCUT2D eigenvalue weighted by atomic mass is 16.5. The van der Waals surface area contributed by atoms with Gasteiger partial charge in [0.25, 0.3) is 5.91 Å². The number of rotatable bonds is 9. The molecule has 106 valence electrons. The lowest BCUT2D eigenvalue weighted by atomic mass is 10.3. The van der Waals surface area contributed by atoms with Crippen LogP contribution in [0.3, 0.4) is 0 Å². The van der Waals surface area contributed by atoms with Gasteiger partial charge in [-0.2, -0.15) is 0 Å². The maximum Gasteiger partial charge on any atom is 0.271 e. The van der Waals surface area contributed by atoms with Crippen LogP contribution in [0.15, 0.2) is 12.1 Å². The molecule has 1 amide bonds. The maximum atomic E-state index is 11.5. The first-order chi connectivity index (χ1) is 9.27. The Morgan fingerprint density at radius 3 is 2.84 bits per heavy atom. The molecule has 0 radical (unpaired) electrons. The highest BCUT2D eigenvalue weighted by Crippen LogP contribution is 2.02. The summed E-state index contributed by atoms with van der Waals surface area (Å²) >= 11 is 0. The van der Waals surface area contributed by atoms with Crippen LogP contribution in [-0.4, -0.2) is 49.0 Å². The van der Waals surface area contributed by atoms with Crippen LogP contribution in [0.2, 0.25) is 0 Å². The summed E-state index contributed by atoms with van der Waals surface area (Å²) in [4.78, 5) is 11.5. The minimum Gasteiger partial charge on any atom is -0.380 e. The lowest BCUT2D eigenvalue weighted by Gasteiger charge is -2.06. The highest BCUT2D eigenvalue weighted by molar-refractivity contribution is 5.92. The molecule has 0 aliphatic heterocycles. The average Bonchev–Trinajstić information content (AvgIpc) is 2.43. The third kappa shape index (κ3) is 6.12. The van der Waals surface area contributed by atoms with E-state index in [1.807, 2.05) is 6.92 Å². The Labute approximate surface area is 112 Å². The van der Waals surface area contributed by atoms with Gasteiger partial charge in [0.1, 0.15) is 5.82 Å². The Hall–Kier alpha value is -1.73. The molecule has 7 nitrogen and oxygen atoms in total. The average molecular weight is 267 g/mol. The minimum absolute atomic E-state index is 0.211. The van der Waals surface area contributed by atoms with Crippen molar-refractivity contribution >= 4 is 11.7 Å². The molecule has 7 heteroatoms. The van der Waals surface area contributed by atoms with Crippen LogP contribution < -0.4 is 16.4 Å². The molecule has 0 aromatic carbocycles. The Morgan fingerprint density at radius 2 is 2.21 bits per heavy atom. The molecule has 19 heavy (non-hydrogen) atoms. The van der Waals surface area contributed by atoms with Crippen molar-refractivity contribution < 1.29 is 9.53 Å². The number of amides is 1. The summed E-state index contributed by atoms with van der Waals surface area (Å²) < 4.78 is 5.24. The molecule has 0 unspecified atom stereocenters. The van der Waals surface area contributed by atoms with Crippen molar-refractivity contribution in [3.63, 3.8) is 0 Å². The highest BCUT2D eigenvalue weighted by Gasteiger charge is 2.05. The summed E-state index contributed by atoms with van der Waals surface area (Å²) in [5, 5.41) is 13.6. The molecular formula is C12H21N5O2. The van der Waals surface area contributed by atoms with Gasteiger partial charge in [0.15, 0.2) is 5.69 Å². The zero-order chi connectivity index (χ0) is 13.9. The number of aromatic nitrogens is 2. The van der Waals surface area contributed by atoms with Crippen LogP contribution in [0.4, 0.5) is 5.82 Å². The van der Waals surface area contributed by atoms with Gasteiger partial charge in [0.2, 0.25) is 0 Å². The van der Waals surface area contributed by atoms with Crippen LogP contribution in [0, 0.1) is 0 Å². The summed E-state index contributed by atoms with van der Waals surface area (Å²) in [6.45, 7) is 4.95. The summed E-state index contributed by atoms with van der Waals surface area (Å²) in [6, 6.07) is 3.38. The number of hydrogen-bond acceptors (Lipinski definition) is 6. The van der Waals surface area contributed by atoms with E-state index in [1.54, 1.807) is 12.1 Å². The Morgan fingerprint density at radius 1 is 1.37 bits per heavy atom. The Kier molecular flexibility index (Phi) is 7.45. The third-order valence-corrected chi connectivity index (χ3v) is 2.27. The van der Waals surface area contributed by atoms with Crippen LogP contribution >= 0.6 is 0 Å². The van der Waals surface area contributed by atoms with Crippen LogP contribution in [0.5, 0.6) is 0 Å². The second-order valence-electron chi connectivity index (χ2n) is 3.84. The van der Waals surface area contributed by atoms with Crippen LogP contribution in [-0.2, 0) is 4.74 Å². The molecule has 1 aromatic heterocycles. The lowest BCUT2D eigenvalue weighted by Crippen LogP contribution is -2.24. The van der Waals surface area contributed by atoms with E-state index in [4.69, 9.17) is 10.5 Å². The molecule has 0 saturated heterocycles. The first-order valence-corrected chi connectivity index (χ1v) is 6.41. The number of nitrogens with one attached hydrogen (secondary N) is 2. The van der Waals surface area contributed by atoms with E-state index in [0.717, 1.165) is 13.0 Å². The topological polar surface area (TPSA) is 102 Å². The number of nitrogens with zero attached hydrogens (tertiary/aromatic N) is 2. The Bertz CT molecular complexity index is 369. The third-order valence-electron chi connectivity index (χ3n) is 2.27. The second-order valence-corrected chi connectivity index (χ2v) is 3.84. The molecule has 4 N–H and O–H groups in total. The van der Waals surface area contributed by atoms with Crippen molar-refractivity contribution in [1.29, 1.82) is 0 Å². The predicted molar refractivity (Wildman–Crippen MR) is 73.0 cm³/mol. The van der Waals surface area contributed by atoms with Crippen LogP contribution in [0.1, 0.15) is 23.8 Å². The summed E-state index contributed by atoms with van der Waals surface area (Å²) in [5.41, 5.74) is 5.62. The fraction of sp³-hybridized carbons (Fsp3) is 0.583. The largest absolute Gasteiger partial charge is 0.380 e. The molecule has 1 aromatic rings. The van der Waals surface area contributed by atoms with Gasteiger partial charge in [-0.05, 0) is 25.5 Å². The van der Waals surface area contributed by atoms with Gasteiger partial charge >= 0.3 is 0 Å². The first kappa shape index (κ1) is 15.3. The van der Waals surface area contributed by atoms with Gasteiger partial charge in [-0.1, -0.05) is 0 Å². The number of carbonyl (C=O) groups excluding carboxylic acids is 1. The standard InChI is InChI=1S/C12H21N5O2/c1-2-14-12(18)10-4-5-11(17-16-10)15-7-3-8-19-9-6-13/h4-5H,2-3,6-9,13H2,1H3,(H,14,18)(H,15,17). The lowest BCUT2D eigenvalue weighted by molar-refractivity contribution is 0.0950. The Balaban J connectivity index is 2.26. The van der Waals surface area contributed by atoms with Crippen LogP contribution in [0.25, 0.3) is 0 Å². The normalized spacial score (nSPS) is 10.2. The van der Waals surface area contributed by atoms with Gasteiger partial charge in [-0.25, -0.2) is 0 Å². The second kappa shape index (κ2) is 9.23. The SMILES string of the molecule is CCNC(=O)c1ccc(NCCCOCCN)nn1. The van der Waals surface area contributed by atoms with Crippen molar-refractivity contribution in [1.82, 2.24) is 15.5 Å². The van der Waals surface area contributed by atoms with Crippen molar-refractivity contribution in [2.24, 2.45) is 5.73 Å². The van der Waals surface area contributed by atoms with Gasteiger partial charge in [-0.15, -0.1) is 10.2 Å². The van der Waals surface area contributed by atoms with Crippen molar-refractivity contribution in [3.8, 4) is 0 Å². The number of carbonyl (C=O) groups is 1. The molecule has 1 rings (SSSR count). The quantitative estimate of drug-likeness (QED) is 0.544. The van der Waals surface area contributed by atoms with E-state index < -0.39 is 0 Å². The summed E-state index contributed by atoms with van der Waals surface area (Å²) in [6.07, 6.45) is 0.861. The van der Waals surface area contributed by atoms with Gasteiger partial charge in [0, 0.05) is 26.2 Å². The van der Waals surface area contributed by atoms with E-state index in [0.29, 0.717) is 37.8 Å². The van der Waals surface area contributed by atoms with E-state index in [-0.39, 0.29) is 5.91 Å². The maximum absolute atomic E-state index is 11.5. The fourth-order valence-electron chi connectivity index (χ4n) is 1.37. The molecule has 0 fully saturated rings. The van der Waals surface area contributed by atoms with Gasteiger partial charge < -0.3 is 21.1 Å². The number of hydrogen-bond donors (Lipinski definition) is 3. The smallest absolute Gasteiger partial charge is 0.271 e.